The van der Waals surface area contributed by atoms with E-state index in [9.17, 15) is 4.79 Å². The molecule has 1 saturated carbocycles. The minimum Gasteiger partial charge on any atom is -0.497 e. The largest absolute Gasteiger partial charge is 0.497 e. The van der Waals surface area contributed by atoms with Crippen molar-refractivity contribution < 1.29 is 9.53 Å². The lowest BCUT2D eigenvalue weighted by Crippen LogP contribution is -2.49. The normalized spacial score (nSPS) is 22.6. The Morgan fingerprint density at radius 2 is 1.92 bits per heavy atom. The van der Waals surface area contributed by atoms with Gasteiger partial charge >= 0.3 is 0 Å². The minimum absolute atomic E-state index is 0.107. The van der Waals surface area contributed by atoms with Crippen LogP contribution in [0.25, 0.3) is 0 Å². The Balaban J connectivity index is 1.75. The Labute approximate surface area is 152 Å². The summed E-state index contributed by atoms with van der Waals surface area (Å²) in [4.78, 5) is 17.8. The number of carbonyl (C=O) groups excluding carboxylic acids is 1. The quantitative estimate of drug-likeness (QED) is 0.820. The van der Waals surface area contributed by atoms with Crippen LogP contribution in [0.5, 0.6) is 5.75 Å². The van der Waals surface area contributed by atoms with Crippen LogP contribution in [0.15, 0.2) is 24.3 Å². The highest BCUT2D eigenvalue weighted by molar-refractivity contribution is 5.80. The molecule has 138 valence electrons. The molecule has 2 fully saturated rings. The van der Waals surface area contributed by atoms with Crippen LogP contribution in [0.4, 0.5) is 0 Å². The van der Waals surface area contributed by atoms with E-state index < -0.39 is 0 Å². The summed E-state index contributed by atoms with van der Waals surface area (Å²) < 4.78 is 5.22. The molecule has 1 unspecified atom stereocenters. The molecule has 1 atom stereocenters. The molecule has 1 aromatic carbocycles. The maximum atomic E-state index is 13.2. The molecule has 3 rings (SSSR count). The van der Waals surface area contributed by atoms with E-state index in [1.165, 1.54) is 32.1 Å². The van der Waals surface area contributed by atoms with E-state index in [1.807, 2.05) is 24.3 Å². The summed E-state index contributed by atoms with van der Waals surface area (Å²) in [7, 11) is 3.86. The average molecular weight is 344 g/mol. The van der Waals surface area contributed by atoms with Crippen molar-refractivity contribution >= 4 is 5.91 Å². The SMILES string of the molecule is CCN(C)C1CN(C(=O)Cc2ccc(OC)cc2)C2(CCCCC2)C1. The highest BCUT2D eigenvalue weighted by Crippen LogP contribution is 2.43. The second kappa shape index (κ2) is 7.77. The second-order valence-electron chi connectivity index (χ2n) is 7.75. The maximum Gasteiger partial charge on any atom is 0.227 e. The fourth-order valence-corrected chi connectivity index (χ4v) is 4.63. The van der Waals surface area contributed by atoms with E-state index in [2.05, 4.69) is 23.8 Å². The van der Waals surface area contributed by atoms with E-state index in [4.69, 9.17) is 4.74 Å². The molecule has 1 saturated heterocycles. The van der Waals surface area contributed by atoms with Gasteiger partial charge in [-0.2, -0.15) is 0 Å². The predicted octanol–water partition coefficient (Wildman–Crippen LogP) is 3.49. The number of rotatable bonds is 5. The van der Waals surface area contributed by atoms with Gasteiger partial charge in [0.2, 0.25) is 5.91 Å². The number of likely N-dealkylation sites (tertiary alicyclic amines) is 1. The number of benzene rings is 1. The molecule has 1 spiro atoms. The summed E-state index contributed by atoms with van der Waals surface area (Å²) >= 11 is 0. The molecule has 1 aliphatic heterocycles. The standard InChI is InChI=1S/C21H32N2O2/c1-4-22(2)18-15-21(12-6-5-7-13-21)23(16-18)20(24)14-17-8-10-19(25-3)11-9-17/h8-11,18H,4-7,12-16H2,1-3H3. The van der Waals surface area contributed by atoms with E-state index in [0.29, 0.717) is 18.4 Å². The van der Waals surface area contributed by atoms with Crippen LogP contribution in [-0.2, 0) is 11.2 Å². The van der Waals surface area contributed by atoms with Gasteiger partial charge in [-0.05, 0) is 50.6 Å². The third-order valence-electron chi connectivity index (χ3n) is 6.30. The first-order valence-electron chi connectivity index (χ1n) is 9.71. The minimum atomic E-state index is 0.107. The van der Waals surface area contributed by atoms with E-state index in [0.717, 1.165) is 30.8 Å². The van der Waals surface area contributed by atoms with Crippen LogP contribution in [0.1, 0.15) is 51.0 Å². The van der Waals surface area contributed by atoms with Crippen molar-refractivity contribution in [2.24, 2.45) is 0 Å². The number of amides is 1. The number of likely N-dealkylation sites (N-methyl/N-ethyl adjacent to an activating group) is 1. The fraction of sp³-hybridized carbons (Fsp3) is 0.667. The molecule has 0 N–H and O–H groups in total. The molecule has 1 aromatic rings. The Kier molecular flexibility index (Phi) is 5.67. The lowest BCUT2D eigenvalue weighted by Gasteiger charge is -2.41. The zero-order chi connectivity index (χ0) is 17.9. The first-order chi connectivity index (χ1) is 12.1. The molecule has 0 bridgehead atoms. The summed E-state index contributed by atoms with van der Waals surface area (Å²) in [5, 5.41) is 0. The molecule has 1 amide bonds. The number of methoxy groups -OCH3 is 1. The molecular formula is C21H32N2O2. The third kappa shape index (κ3) is 3.84. The molecule has 0 aromatic heterocycles. The van der Waals surface area contributed by atoms with Crippen molar-refractivity contribution in [3.8, 4) is 5.75 Å². The van der Waals surface area contributed by atoms with Gasteiger partial charge in [0.1, 0.15) is 5.75 Å². The van der Waals surface area contributed by atoms with Gasteiger partial charge in [0.25, 0.3) is 0 Å². The smallest absolute Gasteiger partial charge is 0.227 e. The van der Waals surface area contributed by atoms with Crippen molar-refractivity contribution in [2.75, 3.05) is 27.2 Å². The zero-order valence-electron chi connectivity index (χ0n) is 16.0. The Morgan fingerprint density at radius 1 is 1.24 bits per heavy atom. The molecule has 4 heteroatoms. The molecule has 2 aliphatic rings. The average Bonchev–Trinajstić information content (AvgIpc) is 3.01. The highest BCUT2D eigenvalue weighted by atomic mass is 16.5. The van der Waals surface area contributed by atoms with Gasteiger partial charge in [-0.1, -0.05) is 38.3 Å². The molecule has 1 heterocycles. The van der Waals surface area contributed by atoms with Crippen LogP contribution in [0.2, 0.25) is 0 Å². The van der Waals surface area contributed by atoms with Gasteiger partial charge in [-0.25, -0.2) is 0 Å². The highest BCUT2D eigenvalue weighted by Gasteiger charge is 2.48. The first kappa shape index (κ1) is 18.2. The monoisotopic (exact) mass is 344 g/mol. The summed E-state index contributed by atoms with van der Waals surface area (Å²) in [5.74, 6) is 1.13. The summed E-state index contributed by atoms with van der Waals surface area (Å²) in [6.07, 6.45) is 7.82. The van der Waals surface area contributed by atoms with Gasteiger partial charge in [0.05, 0.1) is 13.5 Å². The third-order valence-corrected chi connectivity index (χ3v) is 6.30. The van der Waals surface area contributed by atoms with Gasteiger partial charge in [-0.3, -0.25) is 4.79 Å². The van der Waals surface area contributed by atoms with Crippen LogP contribution in [0.3, 0.4) is 0 Å². The zero-order valence-corrected chi connectivity index (χ0v) is 16.0. The molecular weight excluding hydrogens is 312 g/mol. The maximum absolute atomic E-state index is 13.2. The number of nitrogens with zero attached hydrogens (tertiary/aromatic N) is 2. The first-order valence-corrected chi connectivity index (χ1v) is 9.71. The lowest BCUT2D eigenvalue weighted by molar-refractivity contribution is -0.135. The Hall–Kier alpha value is -1.55. The van der Waals surface area contributed by atoms with E-state index in [1.54, 1.807) is 7.11 Å². The predicted molar refractivity (Wildman–Crippen MR) is 101 cm³/mol. The van der Waals surface area contributed by atoms with Crippen LogP contribution < -0.4 is 4.74 Å². The Morgan fingerprint density at radius 3 is 2.52 bits per heavy atom. The summed E-state index contributed by atoms with van der Waals surface area (Å²) in [6, 6.07) is 8.40. The molecule has 1 aliphatic carbocycles. The Bertz CT molecular complexity index is 578. The van der Waals surface area contributed by atoms with Gasteiger partial charge in [-0.15, -0.1) is 0 Å². The molecule has 25 heavy (non-hydrogen) atoms. The number of carbonyl (C=O) groups is 1. The van der Waals surface area contributed by atoms with Crippen molar-refractivity contribution in [3.63, 3.8) is 0 Å². The molecule has 0 radical (unpaired) electrons. The van der Waals surface area contributed by atoms with Crippen LogP contribution in [0, 0.1) is 0 Å². The van der Waals surface area contributed by atoms with Crippen LogP contribution >= 0.6 is 0 Å². The van der Waals surface area contributed by atoms with Crippen molar-refractivity contribution in [1.82, 2.24) is 9.80 Å². The lowest BCUT2D eigenvalue weighted by atomic mass is 9.79. The van der Waals surface area contributed by atoms with Crippen LogP contribution in [-0.4, -0.2) is 54.5 Å². The summed E-state index contributed by atoms with van der Waals surface area (Å²) in [5.41, 5.74) is 1.18. The van der Waals surface area contributed by atoms with Crippen molar-refractivity contribution in [2.45, 2.75) is 63.5 Å². The second-order valence-corrected chi connectivity index (χ2v) is 7.75. The topological polar surface area (TPSA) is 32.8 Å². The summed E-state index contributed by atoms with van der Waals surface area (Å²) in [6.45, 7) is 4.13. The number of hydrogen-bond acceptors (Lipinski definition) is 3. The molecule has 4 nitrogen and oxygen atoms in total. The van der Waals surface area contributed by atoms with Gasteiger partial charge in [0, 0.05) is 18.1 Å². The van der Waals surface area contributed by atoms with E-state index >= 15 is 0 Å². The van der Waals surface area contributed by atoms with E-state index in [-0.39, 0.29) is 5.54 Å². The van der Waals surface area contributed by atoms with Gasteiger partial charge < -0.3 is 14.5 Å². The van der Waals surface area contributed by atoms with Crippen molar-refractivity contribution in [1.29, 1.82) is 0 Å². The number of hydrogen-bond donors (Lipinski definition) is 0. The fourth-order valence-electron chi connectivity index (χ4n) is 4.63. The van der Waals surface area contributed by atoms with Gasteiger partial charge in [0.15, 0.2) is 0 Å². The van der Waals surface area contributed by atoms with Crippen molar-refractivity contribution in [3.05, 3.63) is 29.8 Å². The number of ether oxygens (including phenoxy) is 1.